The predicted octanol–water partition coefficient (Wildman–Crippen LogP) is 16.7. The van der Waals surface area contributed by atoms with Gasteiger partial charge in [0.05, 0.1) is 22.1 Å². The summed E-state index contributed by atoms with van der Waals surface area (Å²) in [7, 11) is 0. The summed E-state index contributed by atoms with van der Waals surface area (Å²) in [6.07, 6.45) is 18.7. The summed E-state index contributed by atoms with van der Waals surface area (Å²) >= 11 is 0. The Bertz CT molecular complexity index is 3710. The van der Waals surface area contributed by atoms with Crippen molar-refractivity contribution in [1.82, 2.24) is 4.57 Å². The Morgan fingerprint density at radius 1 is 0.448 bits per heavy atom. The molecule has 9 aromatic carbocycles. The van der Waals surface area contributed by atoms with Crippen LogP contribution in [0.25, 0.3) is 60.2 Å². The van der Waals surface area contributed by atoms with Crippen molar-refractivity contribution in [2.24, 2.45) is 11.8 Å². The summed E-state index contributed by atoms with van der Waals surface area (Å²) in [5.41, 5.74) is 16.0. The van der Waals surface area contributed by atoms with Gasteiger partial charge in [-0.25, -0.2) is 0 Å². The van der Waals surface area contributed by atoms with Crippen LogP contribution in [0.1, 0.15) is 47.6 Å². The molecule has 0 radical (unpaired) electrons. The summed E-state index contributed by atoms with van der Waals surface area (Å²) in [6.45, 7) is 4.82. The highest BCUT2D eigenvalue weighted by molar-refractivity contribution is 6.17. The molecule has 5 unspecified atom stereocenters. The van der Waals surface area contributed by atoms with Crippen molar-refractivity contribution in [2.45, 2.75) is 30.6 Å². The number of aromatic nitrogens is 1. The smallest absolute Gasteiger partial charge is 0.0618 e. The van der Waals surface area contributed by atoms with E-state index in [1.54, 1.807) is 0 Å². The minimum absolute atomic E-state index is 0.136. The van der Waals surface area contributed by atoms with Gasteiger partial charge in [0.25, 0.3) is 0 Å². The molecule has 0 saturated heterocycles. The number of benzene rings is 9. The quantitative estimate of drug-likeness (QED) is 0.157. The number of fused-ring (bicyclic) bond motifs is 15. The van der Waals surface area contributed by atoms with Gasteiger partial charge in [0.15, 0.2) is 0 Å². The number of nitrogens with zero attached hydrogens (tertiary/aromatic N) is 2. The highest BCUT2D eigenvalue weighted by atomic mass is 15.1. The molecule has 0 fully saturated rings. The molecule has 0 amide bonds. The summed E-state index contributed by atoms with van der Waals surface area (Å²) < 4.78 is 2.49. The maximum atomic E-state index is 2.57. The van der Waals surface area contributed by atoms with E-state index in [2.05, 4.69) is 260 Å². The molecule has 2 nitrogen and oxygen atoms in total. The van der Waals surface area contributed by atoms with Gasteiger partial charge < -0.3 is 9.47 Å². The molecule has 0 saturated carbocycles. The van der Waals surface area contributed by atoms with Crippen molar-refractivity contribution in [3.63, 3.8) is 0 Å². The van der Waals surface area contributed by atoms with Crippen LogP contribution in [-0.4, -0.2) is 4.57 Å². The molecule has 1 heterocycles. The van der Waals surface area contributed by atoms with Crippen LogP contribution in [0.2, 0.25) is 0 Å². The van der Waals surface area contributed by atoms with E-state index >= 15 is 0 Å². The van der Waals surface area contributed by atoms with E-state index in [0.29, 0.717) is 5.92 Å². The van der Waals surface area contributed by atoms with E-state index in [1.807, 2.05) is 0 Å². The van der Waals surface area contributed by atoms with Gasteiger partial charge in [0.2, 0.25) is 0 Å². The zero-order valence-electron chi connectivity index (χ0n) is 37.6. The van der Waals surface area contributed by atoms with Crippen molar-refractivity contribution < 1.29 is 0 Å². The molecule has 67 heavy (non-hydrogen) atoms. The van der Waals surface area contributed by atoms with Crippen molar-refractivity contribution in [1.29, 1.82) is 0 Å². The number of hydrogen-bond donors (Lipinski definition) is 0. The third-order valence-electron chi connectivity index (χ3n) is 16.1. The normalized spacial score (nSPS) is 21.9. The molecular formula is C65H48N2. The maximum absolute atomic E-state index is 2.57. The number of para-hydroxylation sites is 3. The lowest BCUT2D eigenvalue weighted by atomic mass is 9.61. The first-order valence-corrected chi connectivity index (χ1v) is 23.9. The molecule has 2 heteroatoms. The van der Waals surface area contributed by atoms with Gasteiger partial charge in [-0.05, 0) is 104 Å². The topological polar surface area (TPSA) is 8.17 Å². The van der Waals surface area contributed by atoms with Crippen LogP contribution >= 0.6 is 0 Å². The van der Waals surface area contributed by atoms with Crippen LogP contribution in [-0.2, 0) is 10.8 Å². The average Bonchev–Trinajstić information content (AvgIpc) is 3.96. The second-order valence-corrected chi connectivity index (χ2v) is 19.4. The number of hydrogen-bond acceptors (Lipinski definition) is 1. The Labute approximate surface area is 391 Å². The van der Waals surface area contributed by atoms with Crippen LogP contribution in [0, 0.1) is 11.8 Å². The SMILES string of the molecule is CC1C=CC=CC1c1c2ccccc2c(N(c2ccccc2)c2ccc3c(c2)C2(c4cc(-n5c6ccccc6c6ccccc65)ccc4-3)c3ccccc3C3(C)C=CC=CC32)c2ccccc12. The molecule has 0 N–H and O–H groups in total. The molecule has 318 valence electrons. The van der Waals surface area contributed by atoms with Gasteiger partial charge in [-0.1, -0.05) is 202 Å². The van der Waals surface area contributed by atoms with E-state index in [4.69, 9.17) is 0 Å². The first kappa shape index (κ1) is 38.3. The zero-order chi connectivity index (χ0) is 44.4. The highest BCUT2D eigenvalue weighted by Crippen LogP contribution is 2.68. The maximum Gasteiger partial charge on any atom is 0.0618 e. The standard InChI is InChI=1S/C65H48N2/c1-42-20-6-7-23-46(42)62-51-26-8-10-28-53(51)63(54-29-11-9-27-52(54)62)66(43-21-4-3-5-22-43)44-35-37-47-48-38-36-45(67-59-32-16-12-24-49(59)50-25-13-17-33-60(50)67)41-58(48)65(57(47)40-44)56-31-15-14-30-55(56)64(2)39-19-18-34-61(64)65/h3-42,46,61H,1-2H3. The third kappa shape index (κ3) is 5.16. The van der Waals surface area contributed by atoms with Crippen LogP contribution in [0.4, 0.5) is 17.1 Å². The third-order valence-corrected chi connectivity index (χ3v) is 16.1. The van der Waals surface area contributed by atoms with Crippen molar-refractivity contribution >= 4 is 60.4 Å². The fourth-order valence-electron chi connectivity index (χ4n) is 13.3. The van der Waals surface area contributed by atoms with Gasteiger partial charge >= 0.3 is 0 Å². The van der Waals surface area contributed by atoms with E-state index in [9.17, 15) is 0 Å². The molecule has 10 aromatic rings. The lowest BCUT2D eigenvalue weighted by molar-refractivity contribution is 0.372. The zero-order valence-corrected chi connectivity index (χ0v) is 37.6. The van der Waals surface area contributed by atoms with Gasteiger partial charge in [-0.3, -0.25) is 0 Å². The lowest BCUT2D eigenvalue weighted by Gasteiger charge is -2.40. The second-order valence-electron chi connectivity index (χ2n) is 19.4. The highest BCUT2D eigenvalue weighted by Gasteiger charge is 2.61. The second kappa shape index (κ2) is 14.3. The monoisotopic (exact) mass is 856 g/mol. The molecule has 1 aromatic heterocycles. The predicted molar refractivity (Wildman–Crippen MR) is 282 cm³/mol. The summed E-state index contributed by atoms with van der Waals surface area (Å²) in [4.78, 5) is 2.56. The van der Waals surface area contributed by atoms with E-state index < -0.39 is 5.41 Å². The van der Waals surface area contributed by atoms with E-state index in [-0.39, 0.29) is 17.3 Å². The Kier molecular flexibility index (Phi) is 8.17. The summed E-state index contributed by atoms with van der Waals surface area (Å²) in [5, 5.41) is 7.66. The van der Waals surface area contributed by atoms with Crippen molar-refractivity contribution in [3.05, 3.63) is 264 Å². The van der Waals surface area contributed by atoms with Crippen molar-refractivity contribution in [3.8, 4) is 16.8 Å². The fourth-order valence-corrected chi connectivity index (χ4v) is 13.3. The Hall–Kier alpha value is -7.94. The van der Waals surface area contributed by atoms with Gasteiger partial charge in [0.1, 0.15) is 0 Å². The van der Waals surface area contributed by atoms with Gasteiger partial charge in [-0.15, -0.1) is 0 Å². The van der Waals surface area contributed by atoms with E-state index in [1.165, 1.54) is 93.7 Å². The molecule has 4 aliphatic rings. The Balaban J connectivity index is 1.06. The molecule has 0 aliphatic heterocycles. The molecular weight excluding hydrogens is 809 g/mol. The number of anilines is 3. The lowest BCUT2D eigenvalue weighted by Crippen LogP contribution is -2.39. The first-order valence-electron chi connectivity index (χ1n) is 23.9. The Morgan fingerprint density at radius 3 is 1.69 bits per heavy atom. The van der Waals surface area contributed by atoms with Gasteiger partial charge in [0, 0.05) is 55.9 Å². The van der Waals surface area contributed by atoms with Crippen molar-refractivity contribution in [2.75, 3.05) is 4.90 Å². The fraction of sp³-hybridized carbons (Fsp3) is 0.108. The number of allylic oxidation sites excluding steroid dienone is 8. The molecule has 4 aliphatic carbocycles. The van der Waals surface area contributed by atoms with Crippen LogP contribution in [0.3, 0.4) is 0 Å². The van der Waals surface area contributed by atoms with E-state index in [0.717, 1.165) is 11.4 Å². The molecule has 0 bridgehead atoms. The largest absolute Gasteiger partial charge is 0.309 e. The minimum Gasteiger partial charge on any atom is -0.309 e. The minimum atomic E-state index is -0.477. The van der Waals surface area contributed by atoms with Crippen LogP contribution in [0.5, 0.6) is 0 Å². The summed E-state index contributed by atoms with van der Waals surface area (Å²) in [6, 6.07) is 71.1. The number of rotatable bonds is 5. The average molecular weight is 857 g/mol. The van der Waals surface area contributed by atoms with Crippen LogP contribution in [0.15, 0.2) is 237 Å². The Morgan fingerprint density at radius 2 is 1.00 bits per heavy atom. The first-order chi connectivity index (χ1) is 33.1. The van der Waals surface area contributed by atoms with Gasteiger partial charge in [-0.2, -0.15) is 0 Å². The molecule has 1 spiro atoms. The summed E-state index contributed by atoms with van der Waals surface area (Å²) in [5.74, 6) is 0.775. The molecule has 14 rings (SSSR count). The van der Waals surface area contributed by atoms with Crippen LogP contribution < -0.4 is 4.90 Å². The molecule has 5 atom stereocenters.